The minimum Gasteiger partial charge on any atom is -0.627 e. The van der Waals surface area contributed by atoms with Gasteiger partial charge in [-0.2, -0.15) is 0 Å². The van der Waals surface area contributed by atoms with Gasteiger partial charge < -0.3 is 9.32 Å². The largest absolute Gasteiger partial charge is 0.627 e. The fourth-order valence-electron chi connectivity index (χ4n) is 2.39. The van der Waals surface area contributed by atoms with Gasteiger partial charge in [0.15, 0.2) is 5.31 Å². The molecule has 0 saturated carbocycles. The summed E-state index contributed by atoms with van der Waals surface area (Å²) in [5.41, 5.74) is 1.00. The normalized spacial score (nSPS) is 13.0. The maximum atomic E-state index is 13.2. The van der Waals surface area contributed by atoms with E-state index in [2.05, 4.69) is 32.9 Å². The molecule has 6 heteroatoms. The van der Waals surface area contributed by atoms with Gasteiger partial charge in [-0.15, -0.1) is 0 Å². The van der Waals surface area contributed by atoms with Crippen molar-refractivity contribution >= 4 is 22.2 Å². The first kappa shape index (κ1) is 23.1. The molecule has 0 fully saturated rings. The van der Waals surface area contributed by atoms with Crippen LogP contribution in [-0.2, 0) is 13.5 Å². The van der Waals surface area contributed by atoms with Crippen molar-refractivity contribution in [3.63, 3.8) is 0 Å². The second-order valence-corrected chi connectivity index (χ2v) is 12.2. The van der Waals surface area contributed by atoms with Crippen LogP contribution in [0.2, 0.25) is 5.04 Å². The Morgan fingerprint density at radius 2 is 1.62 bits per heavy atom. The summed E-state index contributed by atoms with van der Waals surface area (Å²) in [6.45, 7) is 14.6. The first-order valence-corrected chi connectivity index (χ1v) is 11.9. The smallest absolute Gasteiger partial charge is 0.321 e. The molecule has 0 aromatic heterocycles. The predicted molar refractivity (Wildman–Crippen MR) is 110 cm³/mol. The van der Waals surface area contributed by atoms with E-state index < -0.39 is 17.0 Å². The zero-order chi connectivity index (χ0) is 19.8. The minimum absolute atomic E-state index is 0.0418. The fraction of sp³-hybridized carbons (Fsp3) is 0.500. The van der Waals surface area contributed by atoms with Crippen LogP contribution in [0.15, 0.2) is 53.6 Å². The molecule has 1 aromatic carbocycles. The Bertz CT molecular complexity index is 598. The Morgan fingerprint density at radius 1 is 1.08 bits per heavy atom. The summed E-state index contributed by atoms with van der Waals surface area (Å²) in [6, 6.07) is 10.2. The summed E-state index contributed by atoms with van der Waals surface area (Å²) in [6.07, 6.45) is 3.41. The maximum Gasteiger partial charge on any atom is 0.321 e. The third-order valence-corrected chi connectivity index (χ3v) is 8.00. The van der Waals surface area contributed by atoms with Gasteiger partial charge in [0.25, 0.3) is 7.94 Å². The average molecular weight is 396 g/mol. The highest BCUT2D eigenvalue weighted by atomic mass is 31.2. The molecule has 4 nitrogen and oxygen atoms in total. The molecule has 1 rings (SSSR count). The van der Waals surface area contributed by atoms with E-state index in [0.717, 1.165) is 5.57 Å². The topological polar surface area (TPSA) is 50.8 Å². The third-order valence-electron chi connectivity index (χ3n) is 3.37. The molecule has 0 aliphatic heterocycles. The van der Waals surface area contributed by atoms with E-state index in [0.29, 0.717) is 18.5 Å². The summed E-state index contributed by atoms with van der Waals surface area (Å²) >= 11 is 0. The zero-order valence-electron chi connectivity index (χ0n) is 17.0. The molecule has 0 bridgehead atoms. The van der Waals surface area contributed by atoms with Crippen LogP contribution >= 0.6 is 7.94 Å². The van der Waals surface area contributed by atoms with E-state index in [1.54, 1.807) is 20.1 Å². The lowest BCUT2D eigenvalue weighted by molar-refractivity contribution is -0.214. The van der Waals surface area contributed by atoms with E-state index in [4.69, 9.17) is 13.5 Å². The van der Waals surface area contributed by atoms with Crippen LogP contribution in [0.3, 0.4) is 0 Å². The summed E-state index contributed by atoms with van der Waals surface area (Å²) < 4.78 is 17.3. The van der Waals surface area contributed by atoms with E-state index in [1.165, 1.54) is 5.19 Å². The maximum absolute atomic E-state index is 13.2. The zero-order valence-corrected chi connectivity index (χ0v) is 18.9. The number of hydrogen-bond acceptors (Lipinski definition) is 4. The van der Waals surface area contributed by atoms with Gasteiger partial charge in [0.1, 0.15) is 6.26 Å². The van der Waals surface area contributed by atoms with Crippen molar-refractivity contribution in [1.29, 1.82) is 0 Å². The van der Waals surface area contributed by atoms with Gasteiger partial charge >= 0.3 is 9.04 Å². The Balaban J connectivity index is 3.28. The van der Waals surface area contributed by atoms with Crippen LogP contribution in [0.5, 0.6) is 0 Å². The van der Waals surface area contributed by atoms with Crippen LogP contribution in [0.4, 0.5) is 0 Å². The van der Waals surface area contributed by atoms with Gasteiger partial charge in [0.05, 0.1) is 13.2 Å². The van der Waals surface area contributed by atoms with Crippen molar-refractivity contribution in [3.05, 3.63) is 53.6 Å². The van der Waals surface area contributed by atoms with E-state index in [-0.39, 0.29) is 5.04 Å². The Kier molecular flexibility index (Phi) is 9.21. The van der Waals surface area contributed by atoms with Gasteiger partial charge in [-0.05, 0) is 44.0 Å². The van der Waals surface area contributed by atoms with Gasteiger partial charge in [0.2, 0.25) is 0 Å². The summed E-state index contributed by atoms with van der Waals surface area (Å²) in [4.78, 5) is 13.2. The number of hydrogen-bond donors (Lipinski definition) is 0. The van der Waals surface area contributed by atoms with Crippen molar-refractivity contribution in [2.24, 2.45) is 0 Å². The molecule has 0 saturated heterocycles. The van der Waals surface area contributed by atoms with Crippen molar-refractivity contribution in [1.82, 2.24) is 0 Å². The number of benzene rings is 1. The van der Waals surface area contributed by atoms with Gasteiger partial charge in [-0.1, -0.05) is 56.7 Å². The minimum atomic E-state index is -3.41. The lowest BCUT2D eigenvalue weighted by Crippen LogP contribution is -2.40. The monoisotopic (exact) mass is 395 g/mol. The molecule has 0 heterocycles. The first-order valence-electron chi connectivity index (χ1n) is 8.98. The summed E-state index contributed by atoms with van der Waals surface area (Å²) in [5.74, 6) is 0. The summed E-state index contributed by atoms with van der Waals surface area (Å²) in [5, 5.41) is 1.59. The highest BCUT2D eigenvalue weighted by molar-refractivity contribution is 7.63. The second-order valence-electron chi connectivity index (χ2n) is 7.16. The lowest BCUT2D eigenvalue weighted by Gasteiger charge is -2.30. The highest BCUT2D eigenvalue weighted by Gasteiger charge is 2.37. The lowest BCUT2D eigenvalue weighted by atomic mass is 10.2. The van der Waals surface area contributed by atoms with Crippen molar-refractivity contribution < 1.29 is 18.4 Å². The van der Waals surface area contributed by atoms with Gasteiger partial charge in [-0.25, -0.2) is 9.05 Å². The fourth-order valence-corrected chi connectivity index (χ4v) is 6.23. The molecular formula is C20H32O4PSi. The van der Waals surface area contributed by atoms with Crippen LogP contribution < -0.4 is 10.1 Å². The van der Waals surface area contributed by atoms with Crippen molar-refractivity contribution in [3.8, 4) is 0 Å². The summed E-state index contributed by atoms with van der Waals surface area (Å²) in [7, 11) is -4.80. The van der Waals surface area contributed by atoms with E-state index in [9.17, 15) is 4.89 Å². The molecular weight excluding hydrogens is 363 g/mol. The Hall–Kier alpha value is -0.973. The Labute approximate surface area is 161 Å². The van der Waals surface area contributed by atoms with E-state index in [1.807, 2.05) is 38.1 Å². The standard InChI is InChI=1S/C20H32O4PSi/c1-8-22-25(21,23-9-2)18(15-17(3)4)16-24-26(20(5,6)7)19-13-11-10-12-14-19/h10-16H,8-9H2,1-7H3/b18-16+. The van der Waals surface area contributed by atoms with Crippen LogP contribution in [-0.4, -0.2) is 22.3 Å². The van der Waals surface area contributed by atoms with Crippen molar-refractivity contribution in [2.45, 2.75) is 53.5 Å². The van der Waals surface area contributed by atoms with Gasteiger partial charge in [0, 0.05) is 0 Å². The molecule has 0 aliphatic carbocycles. The average Bonchev–Trinajstić information content (AvgIpc) is 2.54. The molecule has 0 spiro atoms. The molecule has 26 heavy (non-hydrogen) atoms. The number of allylic oxidation sites excluding steroid dienone is 3. The molecule has 0 N–H and O–H groups in total. The molecule has 145 valence electrons. The molecule has 0 atom stereocenters. The molecule has 0 unspecified atom stereocenters. The molecule has 1 radical (unpaired) electrons. The van der Waals surface area contributed by atoms with E-state index >= 15 is 0 Å². The van der Waals surface area contributed by atoms with Crippen LogP contribution in [0.25, 0.3) is 0 Å². The molecule has 0 aliphatic rings. The van der Waals surface area contributed by atoms with Crippen molar-refractivity contribution in [2.75, 3.05) is 13.2 Å². The highest BCUT2D eigenvalue weighted by Crippen LogP contribution is 2.60. The predicted octanol–water partition coefficient (Wildman–Crippen LogP) is 4.71. The molecule has 1 aromatic rings. The number of rotatable bonds is 9. The van der Waals surface area contributed by atoms with Crippen LogP contribution in [0, 0.1) is 0 Å². The second kappa shape index (κ2) is 10.4. The Morgan fingerprint density at radius 3 is 2.04 bits per heavy atom. The van der Waals surface area contributed by atoms with Gasteiger partial charge in [-0.3, -0.25) is 0 Å². The van der Waals surface area contributed by atoms with Crippen LogP contribution in [0.1, 0.15) is 48.5 Å². The first-order chi connectivity index (χ1) is 12.1. The third kappa shape index (κ3) is 6.97. The SMILES string of the molecule is CCO[P+]([O-])(OCC)/C(C=C(C)C)=C/O[Si](c1ccccc1)C(C)(C)C. The quantitative estimate of drug-likeness (QED) is 0.263. The molecule has 0 amide bonds.